The highest BCUT2D eigenvalue weighted by Crippen LogP contribution is 2.26. The smallest absolute Gasteiger partial charge is 0.226 e. The van der Waals surface area contributed by atoms with Crippen molar-refractivity contribution in [1.29, 1.82) is 0 Å². The summed E-state index contributed by atoms with van der Waals surface area (Å²) in [6.07, 6.45) is 2.01. The molecule has 2 aromatic carbocycles. The SMILES string of the molecule is CC(C)N(C)C(=O)[C@H]1CCCN(Cc2nc3ccccc3n2-c2cccc(Br)c2)C1. The van der Waals surface area contributed by atoms with E-state index in [9.17, 15) is 4.79 Å². The van der Waals surface area contributed by atoms with E-state index in [2.05, 4.69) is 75.6 Å². The molecule has 1 atom stereocenters. The average Bonchev–Trinajstić information content (AvgIpc) is 3.10. The Balaban J connectivity index is 1.62. The first kappa shape index (κ1) is 21.1. The Kier molecular flexibility index (Phi) is 6.25. The first-order valence-electron chi connectivity index (χ1n) is 10.7. The Morgan fingerprint density at radius 1 is 1.23 bits per heavy atom. The summed E-state index contributed by atoms with van der Waals surface area (Å²) in [6.45, 7) is 6.66. The molecule has 0 spiro atoms. The number of rotatable bonds is 5. The second-order valence-corrected chi connectivity index (χ2v) is 9.36. The normalized spacial score (nSPS) is 17.6. The van der Waals surface area contributed by atoms with Gasteiger partial charge < -0.3 is 4.90 Å². The van der Waals surface area contributed by atoms with Gasteiger partial charge in [0.2, 0.25) is 5.91 Å². The minimum atomic E-state index is 0.0647. The fourth-order valence-corrected chi connectivity index (χ4v) is 4.62. The van der Waals surface area contributed by atoms with Crippen LogP contribution >= 0.6 is 15.9 Å². The number of hydrogen-bond acceptors (Lipinski definition) is 3. The van der Waals surface area contributed by atoms with Gasteiger partial charge in [-0.05, 0) is 63.6 Å². The van der Waals surface area contributed by atoms with Crippen LogP contribution in [0.1, 0.15) is 32.5 Å². The molecule has 0 N–H and O–H groups in total. The lowest BCUT2D eigenvalue weighted by molar-refractivity contribution is -0.137. The summed E-state index contributed by atoms with van der Waals surface area (Å²) in [5.74, 6) is 1.34. The number of hydrogen-bond donors (Lipinski definition) is 0. The van der Waals surface area contributed by atoms with Crippen molar-refractivity contribution in [1.82, 2.24) is 19.4 Å². The van der Waals surface area contributed by atoms with Crippen LogP contribution in [0.5, 0.6) is 0 Å². The standard InChI is InChI=1S/C24H29BrN4O/c1-17(2)27(3)24(30)18-8-7-13-28(15-18)16-23-26-21-11-4-5-12-22(21)29(23)20-10-6-9-19(25)14-20/h4-6,9-12,14,17-18H,7-8,13,15-16H2,1-3H3/t18-/m0/s1. The number of piperidine rings is 1. The number of nitrogens with zero attached hydrogens (tertiary/aromatic N) is 4. The maximum absolute atomic E-state index is 12.9. The van der Waals surface area contributed by atoms with Crippen molar-refractivity contribution < 1.29 is 4.79 Å². The van der Waals surface area contributed by atoms with Crippen LogP contribution in [-0.2, 0) is 11.3 Å². The van der Waals surface area contributed by atoms with Crippen molar-refractivity contribution in [2.75, 3.05) is 20.1 Å². The number of fused-ring (bicyclic) bond motifs is 1. The minimum absolute atomic E-state index is 0.0647. The molecule has 0 unspecified atom stereocenters. The summed E-state index contributed by atoms with van der Waals surface area (Å²) in [6, 6.07) is 16.8. The summed E-state index contributed by atoms with van der Waals surface area (Å²) in [5.41, 5.74) is 3.20. The van der Waals surface area contributed by atoms with Crippen LogP contribution in [0, 0.1) is 5.92 Å². The second kappa shape index (κ2) is 8.90. The number of amides is 1. The lowest BCUT2D eigenvalue weighted by Gasteiger charge is -2.34. The number of aromatic nitrogens is 2. The summed E-state index contributed by atoms with van der Waals surface area (Å²) >= 11 is 3.60. The molecule has 1 amide bonds. The Bertz CT molecular complexity index is 1040. The van der Waals surface area contributed by atoms with E-state index in [-0.39, 0.29) is 17.9 Å². The maximum atomic E-state index is 12.9. The summed E-state index contributed by atoms with van der Waals surface area (Å²) < 4.78 is 3.29. The Morgan fingerprint density at radius 3 is 2.80 bits per heavy atom. The Hall–Kier alpha value is -2.18. The van der Waals surface area contributed by atoms with Crippen LogP contribution in [0.3, 0.4) is 0 Å². The van der Waals surface area contributed by atoms with Crippen LogP contribution in [0.25, 0.3) is 16.7 Å². The van der Waals surface area contributed by atoms with Crippen molar-refractivity contribution in [3.05, 3.63) is 58.8 Å². The molecule has 3 aromatic rings. The van der Waals surface area contributed by atoms with Gasteiger partial charge in [0.05, 0.1) is 23.5 Å². The third-order valence-corrected chi connectivity index (χ3v) is 6.53. The van der Waals surface area contributed by atoms with Crippen molar-refractivity contribution in [3.8, 4) is 5.69 Å². The van der Waals surface area contributed by atoms with E-state index in [4.69, 9.17) is 4.98 Å². The number of imidazole rings is 1. The molecule has 2 heterocycles. The van der Waals surface area contributed by atoms with Gasteiger partial charge in [0.15, 0.2) is 0 Å². The first-order chi connectivity index (χ1) is 14.4. The number of likely N-dealkylation sites (tertiary alicyclic amines) is 1. The largest absolute Gasteiger partial charge is 0.343 e. The van der Waals surface area contributed by atoms with E-state index >= 15 is 0 Å². The number of carbonyl (C=O) groups excluding carboxylic acids is 1. The number of halogens is 1. The van der Waals surface area contributed by atoms with Crippen LogP contribution < -0.4 is 0 Å². The molecule has 158 valence electrons. The number of benzene rings is 2. The first-order valence-corrected chi connectivity index (χ1v) is 11.4. The van der Waals surface area contributed by atoms with Crippen LogP contribution in [-0.4, -0.2) is 51.4 Å². The van der Waals surface area contributed by atoms with Gasteiger partial charge >= 0.3 is 0 Å². The molecule has 1 aliphatic rings. The summed E-state index contributed by atoms with van der Waals surface area (Å²) in [7, 11) is 1.92. The molecule has 4 rings (SSSR count). The molecular formula is C24H29BrN4O. The van der Waals surface area contributed by atoms with Crippen LogP contribution in [0.4, 0.5) is 0 Å². The van der Waals surface area contributed by atoms with E-state index in [0.29, 0.717) is 0 Å². The molecule has 30 heavy (non-hydrogen) atoms. The predicted octanol–water partition coefficient (Wildman–Crippen LogP) is 4.87. The van der Waals surface area contributed by atoms with Gasteiger partial charge in [-0.2, -0.15) is 0 Å². The van der Waals surface area contributed by atoms with Crippen molar-refractivity contribution in [3.63, 3.8) is 0 Å². The van der Waals surface area contributed by atoms with Crippen LogP contribution in [0.15, 0.2) is 53.0 Å². The summed E-state index contributed by atoms with van der Waals surface area (Å²) in [4.78, 5) is 22.1. The third kappa shape index (κ3) is 4.30. The second-order valence-electron chi connectivity index (χ2n) is 8.45. The van der Waals surface area contributed by atoms with Gasteiger partial charge in [0.1, 0.15) is 5.82 Å². The molecular weight excluding hydrogens is 440 g/mol. The molecule has 0 bridgehead atoms. The molecule has 0 radical (unpaired) electrons. The highest BCUT2D eigenvalue weighted by Gasteiger charge is 2.29. The zero-order valence-corrected chi connectivity index (χ0v) is 19.5. The minimum Gasteiger partial charge on any atom is -0.343 e. The molecule has 1 aliphatic heterocycles. The molecule has 1 aromatic heterocycles. The van der Waals surface area contributed by atoms with E-state index in [1.165, 1.54) is 0 Å². The molecule has 6 heteroatoms. The van der Waals surface area contributed by atoms with E-state index < -0.39 is 0 Å². The number of para-hydroxylation sites is 2. The zero-order chi connectivity index (χ0) is 21.3. The summed E-state index contributed by atoms with van der Waals surface area (Å²) in [5, 5.41) is 0. The lowest BCUT2D eigenvalue weighted by Crippen LogP contribution is -2.45. The van der Waals surface area contributed by atoms with Gasteiger partial charge in [0, 0.05) is 29.8 Å². The molecule has 5 nitrogen and oxygen atoms in total. The Labute approximate surface area is 186 Å². The van der Waals surface area contributed by atoms with E-state index in [1.54, 1.807) is 0 Å². The van der Waals surface area contributed by atoms with E-state index in [0.717, 1.165) is 59.5 Å². The van der Waals surface area contributed by atoms with Crippen molar-refractivity contribution in [2.45, 2.75) is 39.3 Å². The zero-order valence-electron chi connectivity index (χ0n) is 17.9. The third-order valence-electron chi connectivity index (χ3n) is 6.04. The quantitative estimate of drug-likeness (QED) is 0.536. The fourth-order valence-electron chi connectivity index (χ4n) is 4.23. The molecule has 0 saturated carbocycles. The molecule has 1 fully saturated rings. The predicted molar refractivity (Wildman–Crippen MR) is 125 cm³/mol. The van der Waals surface area contributed by atoms with Gasteiger partial charge in [-0.3, -0.25) is 14.3 Å². The molecule has 0 aliphatic carbocycles. The lowest BCUT2D eigenvalue weighted by atomic mass is 9.96. The average molecular weight is 469 g/mol. The van der Waals surface area contributed by atoms with Crippen LogP contribution in [0.2, 0.25) is 0 Å². The highest BCUT2D eigenvalue weighted by atomic mass is 79.9. The van der Waals surface area contributed by atoms with Gasteiger partial charge in [0.25, 0.3) is 0 Å². The van der Waals surface area contributed by atoms with Gasteiger partial charge in [-0.25, -0.2) is 4.98 Å². The molecule has 1 saturated heterocycles. The number of carbonyl (C=O) groups is 1. The highest BCUT2D eigenvalue weighted by molar-refractivity contribution is 9.10. The Morgan fingerprint density at radius 2 is 2.03 bits per heavy atom. The topological polar surface area (TPSA) is 41.4 Å². The van der Waals surface area contributed by atoms with Gasteiger partial charge in [-0.1, -0.05) is 34.1 Å². The van der Waals surface area contributed by atoms with Crippen molar-refractivity contribution in [2.24, 2.45) is 5.92 Å². The monoisotopic (exact) mass is 468 g/mol. The van der Waals surface area contributed by atoms with E-state index in [1.807, 2.05) is 24.1 Å². The van der Waals surface area contributed by atoms with Crippen molar-refractivity contribution >= 4 is 32.9 Å². The maximum Gasteiger partial charge on any atom is 0.226 e. The van der Waals surface area contributed by atoms with Gasteiger partial charge in [-0.15, -0.1) is 0 Å². The fraction of sp³-hybridized carbons (Fsp3) is 0.417.